The number of carbonyl (C=O) groups is 1. The molecule has 106 valence electrons. The van der Waals surface area contributed by atoms with Crippen molar-refractivity contribution in [3.63, 3.8) is 0 Å². The summed E-state index contributed by atoms with van der Waals surface area (Å²) in [7, 11) is 0. The highest BCUT2D eigenvalue weighted by Crippen LogP contribution is 2.14. The molecule has 0 spiro atoms. The lowest BCUT2D eigenvalue weighted by molar-refractivity contribution is -0.138. The largest absolute Gasteiger partial charge is 0.480 e. The van der Waals surface area contributed by atoms with E-state index in [1.165, 1.54) is 25.0 Å². The van der Waals surface area contributed by atoms with Gasteiger partial charge in [0.1, 0.15) is 11.9 Å². The standard InChI is InChI=1S/C15H22FNO2/c1-2-3-4-5-6-10-14(15(18)19)17-13-9-7-8-12(16)11-13/h7-9,11,14,17H,2-6,10H2,1H3,(H,18,19). The third kappa shape index (κ3) is 6.22. The number of rotatable bonds is 9. The fourth-order valence-electron chi connectivity index (χ4n) is 1.99. The Morgan fingerprint density at radius 1 is 1.32 bits per heavy atom. The topological polar surface area (TPSA) is 49.3 Å². The number of aliphatic carboxylic acids is 1. The smallest absolute Gasteiger partial charge is 0.326 e. The van der Waals surface area contributed by atoms with E-state index in [1.807, 2.05) is 0 Å². The summed E-state index contributed by atoms with van der Waals surface area (Å²) in [5.74, 6) is -1.25. The van der Waals surface area contributed by atoms with Gasteiger partial charge in [0.05, 0.1) is 0 Å². The molecule has 0 aromatic heterocycles. The van der Waals surface area contributed by atoms with Crippen LogP contribution in [0.1, 0.15) is 45.4 Å². The molecule has 1 aromatic carbocycles. The van der Waals surface area contributed by atoms with Gasteiger partial charge in [0.25, 0.3) is 0 Å². The van der Waals surface area contributed by atoms with E-state index in [0.717, 1.165) is 19.3 Å². The summed E-state index contributed by atoms with van der Waals surface area (Å²) in [6.07, 6.45) is 5.99. The van der Waals surface area contributed by atoms with Gasteiger partial charge in [0.2, 0.25) is 0 Å². The number of carboxylic acids is 1. The average Bonchev–Trinajstić information content (AvgIpc) is 2.37. The molecule has 0 saturated carbocycles. The van der Waals surface area contributed by atoms with Gasteiger partial charge < -0.3 is 10.4 Å². The molecule has 0 aliphatic carbocycles. The SMILES string of the molecule is CCCCCCCC(Nc1cccc(F)c1)C(=O)O. The second-order valence-corrected chi connectivity index (χ2v) is 4.75. The maximum Gasteiger partial charge on any atom is 0.326 e. The first-order valence-electron chi connectivity index (χ1n) is 6.88. The molecule has 0 aliphatic rings. The van der Waals surface area contributed by atoms with Gasteiger partial charge in [0, 0.05) is 5.69 Å². The zero-order chi connectivity index (χ0) is 14.1. The molecular weight excluding hydrogens is 245 g/mol. The highest BCUT2D eigenvalue weighted by Gasteiger charge is 2.16. The number of nitrogens with one attached hydrogen (secondary N) is 1. The van der Waals surface area contributed by atoms with E-state index in [4.69, 9.17) is 5.11 Å². The van der Waals surface area contributed by atoms with Gasteiger partial charge in [-0.1, -0.05) is 45.1 Å². The lowest BCUT2D eigenvalue weighted by Crippen LogP contribution is -2.29. The molecule has 2 N–H and O–H groups in total. The first kappa shape index (κ1) is 15.5. The fraction of sp³-hybridized carbons (Fsp3) is 0.533. The Morgan fingerprint density at radius 2 is 2.05 bits per heavy atom. The summed E-state index contributed by atoms with van der Waals surface area (Å²) in [4.78, 5) is 11.2. The number of hydrogen-bond donors (Lipinski definition) is 2. The number of hydrogen-bond acceptors (Lipinski definition) is 2. The molecule has 3 nitrogen and oxygen atoms in total. The molecular formula is C15H22FNO2. The van der Waals surface area contributed by atoms with E-state index < -0.39 is 12.0 Å². The second-order valence-electron chi connectivity index (χ2n) is 4.75. The fourth-order valence-corrected chi connectivity index (χ4v) is 1.99. The molecule has 1 rings (SSSR count). The van der Waals surface area contributed by atoms with Crippen molar-refractivity contribution in [1.29, 1.82) is 0 Å². The van der Waals surface area contributed by atoms with Crippen LogP contribution >= 0.6 is 0 Å². The number of unbranched alkanes of at least 4 members (excludes halogenated alkanes) is 4. The van der Waals surface area contributed by atoms with Crippen LogP contribution in [0.25, 0.3) is 0 Å². The maximum absolute atomic E-state index is 13.0. The molecule has 0 radical (unpaired) electrons. The first-order valence-corrected chi connectivity index (χ1v) is 6.88. The Bertz CT molecular complexity index is 395. The van der Waals surface area contributed by atoms with Crippen LogP contribution in [0.4, 0.5) is 10.1 Å². The van der Waals surface area contributed by atoms with Gasteiger partial charge in [-0.3, -0.25) is 0 Å². The van der Waals surface area contributed by atoms with Gasteiger partial charge >= 0.3 is 5.97 Å². The predicted octanol–water partition coefficient (Wildman–Crippen LogP) is 4.05. The Hall–Kier alpha value is -1.58. The van der Waals surface area contributed by atoms with Crippen LogP contribution in [-0.2, 0) is 4.79 Å². The molecule has 1 aromatic rings. The minimum absolute atomic E-state index is 0.364. The molecule has 19 heavy (non-hydrogen) atoms. The minimum atomic E-state index is -0.889. The van der Waals surface area contributed by atoms with Crippen molar-refractivity contribution in [1.82, 2.24) is 0 Å². The van der Waals surface area contributed by atoms with Crippen LogP contribution in [0.5, 0.6) is 0 Å². The van der Waals surface area contributed by atoms with E-state index in [9.17, 15) is 9.18 Å². The van der Waals surface area contributed by atoms with Crippen molar-refractivity contribution in [3.8, 4) is 0 Å². The van der Waals surface area contributed by atoms with E-state index in [0.29, 0.717) is 12.1 Å². The lowest BCUT2D eigenvalue weighted by atomic mass is 10.1. The van der Waals surface area contributed by atoms with Crippen molar-refractivity contribution in [2.75, 3.05) is 5.32 Å². The molecule has 0 aliphatic heterocycles. The van der Waals surface area contributed by atoms with Crippen LogP contribution in [-0.4, -0.2) is 17.1 Å². The van der Waals surface area contributed by atoms with Crippen molar-refractivity contribution in [2.45, 2.75) is 51.5 Å². The average molecular weight is 267 g/mol. The zero-order valence-corrected chi connectivity index (χ0v) is 11.4. The van der Waals surface area contributed by atoms with Crippen molar-refractivity contribution in [3.05, 3.63) is 30.1 Å². The number of carboxylic acid groups (broad SMARTS) is 1. The Morgan fingerprint density at radius 3 is 2.68 bits per heavy atom. The first-order chi connectivity index (χ1) is 9.13. The quantitative estimate of drug-likeness (QED) is 0.663. The molecule has 0 amide bonds. The molecule has 4 heteroatoms. The Kier molecular flexibility index (Phi) is 6.93. The number of benzene rings is 1. The summed E-state index contributed by atoms with van der Waals surface area (Å²) >= 11 is 0. The van der Waals surface area contributed by atoms with E-state index in [1.54, 1.807) is 12.1 Å². The van der Waals surface area contributed by atoms with Gasteiger partial charge in [-0.15, -0.1) is 0 Å². The second kappa shape index (κ2) is 8.51. The van der Waals surface area contributed by atoms with Crippen LogP contribution < -0.4 is 5.32 Å². The van der Waals surface area contributed by atoms with Crippen molar-refractivity contribution < 1.29 is 14.3 Å². The normalized spacial score (nSPS) is 12.1. The number of anilines is 1. The van der Waals surface area contributed by atoms with Gasteiger partial charge in [-0.25, -0.2) is 9.18 Å². The Labute approximate surface area is 113 Å². The van der Waals surface area contributed by atoms with Gasteiger partial charge in [0.15, 0.2) is 0 Å². The molecule has 0 fully saturated rings. The molecule has 0 saturated heterocycles. The van der Waals surface area contributed by atoms with Crippen LogP contribution in [0.15, 0.2) is 24.3 Å². The molecule has 0 bridgehead atoms. The van der Waals surface area contributed by atoms with Crippen molar-refractivity contribution in [2.24, 2.45) is 0 Å². The summed E-state index contributed by atoms with van der Waals surface area (Å²) < 4.78 is 13.0. The lowest BCUT2D eigenvalue weighted by Gasteiger charge is -2.15. The Balaban J connectivity index is 2.42. The summed E-state index contributed by atoms with van der Waals surface area (Å²) in [6.45, 7) is 2.14. The highest BCUT2D eigenvalue weighted by molar-refractivity contribution is 5.77. The minimum Gasteiger partial charge on any atom is -0.480 e. The summed E-state index contributed by atoms with van der Waals surface area (Å²) in [5, 5.41) is 12.0. The van der Waals surface area contributed by atoms with E-state index in [-0.39, 0.29) is 5.82 Å². The zero-order valence-electron chi connectivity index (χ0n) is 11.4. The highest BCUT2D eigenvalue weighted by atomic mass is 19.1. The van der Waals surface area contributed by atoms with Crippen LogP contribution in [0.2, 0.25) is 0 Å². The van der Waals surface area contributed by atoms with Gasteiger partial charge in [-0.2, -0.15) is 0 Å². The third-order valence-corrected chi connectivity index (χ3v) is 3.06. The van der Waals surface area contributed by atoms with Crippen LogP contribution in [0.3, 0.4) is 0 Å². The van der Waals surface area contributed by atoms with Crippen LogP contribution in [0, 0.1) is 5.82 Å². The van der Waals surface area contributed by atoms with E-state index >= 15 is 0 Å². The molecule has 0 heterocycles. The maximum atomic E-state index is 13.0. The summed E-state index contributed by atoms with van der Waals surface area (Å²) in [5.41, 5.74) is 0.515. The van der Waals surface area contributed by atoms with E-state index in [2.05, 4.69) is 12.2 Å². The summed E-state index contributed by atoms with van der Waals surface area (Å²) in [6, 6.07) is 5.25. The van der Waals surface area contributed by atoms with Crippen molar-refractivity contribution >= 4 is 11.7 Å². The molecule has 1 atom stereocenters. The number of halogens is 1. The molecule has 1 unspecified atom stereocenters. The monoisotopic (exact) mass is 267 g/mol. The van der Waals surface area contributed by atoms with Gasteiger partial charge in [-0.05, 0) is 24.6 Å². The third-order valence-electron chi connectivity index (χ3n) is 3.06. The predicted molar refractivity (Wildman–Crippen MR) is 74.8 cm³/mol.